The number of rotatable bonds is 5. The number of amides is 1. The summed E-state index contributed by atoms with van der Waals surface area (Å²) in [4.78, 5) is 38.6. The predicted molar refractivity (Wildman–Crippen MR) is 92.6 cm³/mol. The molecule has 6 heteroatoms. The molecular formula is C20H19NO5. The van der Waals surface area contributed by atoms with Gasteiger partial charge in [-0.2, -0.15) is 0 Å². The lowest BCUT2D eigenvalue weighted by molar-refractivity contribution is -0.198. The van der Waals surface area contributed by atoms with Crippen molar-refractivity contribution in [2.75, 3.05) is 6.54 Å². The highest BCUT2D eigenvalue weighted by atomic mass is 16.6. The maximum atomic E-state index is 12.8. The van der Waals surface area contributed by atoms with Crippen molar-refractivity contribution in [2.45, 2.75) is 25.7 Å². The Morgan fingerprint density at radius 2 is 1.62 bits per heavy atom. The topological polar surface area (TPSA) is 72.9 Å². The molecule has 0 aromatic heterocycles. The summed E-state index contributed by atoms with van der Waals surface area (Å²) in [7, 11) is 0. The van der Waals surface area contributed by atoms with Crippen LogP contribution in [-0.4, -0.2) is 34.9 Å². The van der Waals surface area contributed by atoms with Gasteiger partial charge < -0.3 is 14.4 Å². The summed E-state index contributed by atoms with van der Waals surface area (Å²) in [5, 5.41) is 0. The molecule has 0 spiro atoms. The number of benzene rings is 2. The van der Waals surface area contributed by atoms with Crippen molar-refractivity contribution < 1.29 is 23.9 Å². The number of nitrogens with zero attached hydrogens (tertiary/aromatic N) is 1. The number of morpholine rings is 1. The van der Waals surface area contributed by atoms with E-state index in [-0.39, 0.29) is 19.7 Å². The van der Waals surface area contributed by atoms with Gasteiger partial charge in [0, 0.05) is 6.54 Å². The summed E-state index contributed by atoms with van der Waals surface area (Å²) in [5.74, 6) is -2.10. The third-order valence-electron chi connectivity index (χ3n) is 4.15. The Bertz CT molecular complexity index is 805. The van der Waals surface area contributed by atoms with E-state index >= 15 is 0 Å². The molecule has 134 valence electrons. The summed E-state index contributed by atoms with van der Waals surface area (Å²) < 4.78 is 10.3. The first-order valence-electron chi connectivity index (χ1n) is 8.25. The SMILES string of the molecule is CC1(C(=O)OCc2ccccc2)OC(=O)CN(Cc2ccccc2)C1=O. The van der Waals surface area contributed by atoms with Crippen LogP contribution in [0.2, 0.25) is 0 Å². The molecule has 0 saturated carbocycles. The third-order valence-corrected chi connectivity index (χ3v) is 4.15. The molecule has 3 rings (SSSR count). The zero-order valence-corrected chi connectivity index (χ0v) is 14.4. The van der Waals surface area contributed by atoms with Gasteiger partial charge in [-0.05, 0) is 18.1 Å². The highest BCUT2D eigenvalue weighted by Gasteiger charge is 2.52. The van der Waals surface area contributed by atoms with E-state index < -0.39 is 23.4 Å². The molecular weight excluding hydrogens is 334 g/mol. The van der Waals surface area contributed by atoms with Crippen molar-refractivity contribution in [2.24, 2.45) is 0 Å². The Hall–Kier alpha value is -3.15. The van der Waals surface area contributed by atoms with Crippen molar-refractivity contribution >= 4 is 17.8 Å². The normalized spacial score (nSPS) is 19.8. The van der Waals surface area contributed by atoms with Crippen LogP contribution in [0.15, 0.2) is 60.7 Å². The smallest absolute Gasteiger partial charge is 0.360 e. The van der Waals surface area contributed by atoms with Crippen LogP contribution >= 0.6 is 0 Å². The number of carbonyl (C=O) groups is 3. The first-order chi connectivity index (χ1) is 12.5. The molecule has 1 aliphatic heterocycles. The molecule has 1 saturated heterocycles. The first kappa shape index (κ1) is 17.7. The second-order valence-electron chi connectivity index (χ2n) is 6.22. The lowest BCUT2D eigenvalue weighted by Crippen LogP contribution is -2.61. The molecule has 0 N–H and O–H groups in total. The molecule has 1 aliphatic rings. The molecule has 1 amide bonds. The van der Waals surface area contributed by atoms with E-state index in [2.05, 4.69) is 0 Å². The first-order valence-corrected chi connectivity index (χ1v) is 8.25. The fourth-order valence-corrected chi connectivity index (χ4v) is 2.75. The van der Waals surface area contributed by atoms with Gasteiger partial charge in [0.25, 0.3) is 11.5 Å². The van der Waals surface area contributed by atoms with Crippen LogP contribution in [0.5, 0.6) is 0 Å². The molecule has 1 fully saturated rings. The van der Waals surface area contributed by atoms with Gasteiger partial charge in [-0.1, -0.05) is 60.7 Å². The van der Waals surface area contributed by atoms with Crippen molar-refractivity contribution in [1.29, 1.82) is 0 Å². The van der Waals surface area contributed by atoms with Crippen LogP contribution in [0.4, 0.5) is 0 Å². The Kier molecular flexibility index (Phi) is 5.02. The van der Waals surface area contributed by atoms with Gasteiger partial charge in [0.15, 0.2) is 0 Å². The van der Waals surface area contributed by atoms with Crippen LogP contribution in [0, 0.1) is 0 Å². The van der Waals surface area contributed by atoms with Crippen molar-refractivity contribution in [3.05, 3.63) is 71.8 Å². The molecule has 26 heavy (non-hydrogen) atoms. The monoisotopic (exact) mass is 353 g/mol. The lowest BCUT2D eigenvalue weighted by atomic mass is 10.0. The van der Waals surface area contributed by atoms with E-state index in [0.29, 0.717) is 0 Å². The van der Waals surface area contributed by atoms with Crippen LogP contribution in [0.25, 0.3) is 0 Å². The second kappa shape index (κ2) is 7.39. The maximum Gasteiger partial charge on any atom is 0.360 e. The summed E-state index contributed by atoms with van der Waals surface area (Å²) in [5.41, 5.74) is -0.338. The minimum Gasteiger partial charge on any atom is -0.457 e. The van der Waals surface area contributed by atoms with Crippen LogP contribution in [0.1, 0.15) is 18.1 Å². The highest BCUT2D eigenvalue weighted by Crippen LogP contribution is 2.24. The predicted octanol–water partition coefficient (Wildman–Crippen LogP) is 2.07. The standard InChI is InChI=1S/C20H19NO5/c1-20(19(24)25-14-16-10-6-3-7-11-16)18(23)21(13-17(22)26-20)12-15-8-4-2-5-9-15/h2-11H,12-14H2,1H3. The highest BCUT2D eigenvalue weighted by molar-refractivity contribution is 6.09. The molecule has 0 aliphatic carbocycles. The van der Waals surface area contributed by atoms with Crippen molar-refractivity contribution in [3.8, 4) is 0 Å². The number of hydrogen-bond donors (Lipinski definition) is 0. The van der Waals surface area contributed by atoms with E-state index in [1.165, 1.54) is 11.8 Å². The third kappa shape index (κ3) is 3.74. The van der Waals surface area contributed by atoms with Crippen molar-refractivity contribution in [3.63, 3.8) is 0 Å². The van der Waals surface area contributed by atoms with E-state index in [0.717, 1.165) is 11.1 Å². The van der Waals surface area contributed by atoms with Crippen LogP contribution in [0.3, 0.4) is 0 Å². The molecule has 2 aromatic carbocycles. The molecule has 6 nitrogen and oxygen atoms in total. The Balaban J connectivity index is 1.72. The van der Waals surface area contributed by atoms with Gasteiger partial charge in [0.1, 0.15) is 13.2 Å². The van der Waals surface area contributed by atoms with Gasteiger partial charge in [0.05, 0.1) is 0 Å². The minimum absolute atomic E-state index is 0.00121. The van der Waals surface area contributed by atoms with Crippen molar-refractivity contribution in [1.82, 2.24) is 4.90 Å². The molecule has 2 aromatic rings. The van der Waals surface area contributed by atoms with Crippen LogP contribution in [-0.2, 0) is 37.0 Å². The van der Waals surface area contributed by atoms with E-state index in [9.17, 15) is 14.4 Å². The zero-order valence-electron chi connectivity index (χ0n) is 14.4. The summed E-state index contributed by atoms with van der Waals surface area (Å²) in [6.07, 6.45) is 0. The molecule has 1 heterocycles. The van der Waals surface area contributed by atoms with E-state index in [1.54, 1.807) is 12.1 Å². The molecule has 1 unspecified atom stereocenters. The average Bonchev–Trinajstić information content (AvgIpc) is 2.65. The minimum atomic E-state index is -1.97. The van der Waals surface area contributed by atoms with Gasteiger partial charge in [-0.3, -0.25) is 9.59 Å². The molecule has 1 atom stereocenters. The van der Waals surface area contributed by atoms with Gasteiger partial charge in [-0.25, -0.2) is 4.79 Å². The number of cyclic esters (lactones) is 1. The summed E-state index contributed by atoms with van der Waals surface area (Å²) in [6.45, 7) is 1.29. The lowest BCUT2D eigenvalue weighted by Gasteiger charge is -2.36. The summed E-state index contributed by atoms with van der Waals surface area (Å²) >= 11 is 0. The van der Waals surface area contributed by atoms with Gasteiger partial charge >= 0.3 is 11.9 Å². The molecule has 0 radical (unpaired) electrons. The number of esters is 2. The Morgan fingerprint density at radius 3 is 2.23 bits per heavy atom. The average molecular weight is 353 g/mol. The van der Waals surface area contributed by atoms with Crippen LogP contribution < -0.4 is 0 Å². The Labute approximate surface area is 151 Å². The van der Waals surface area contributed by atoms with E-state index in [4.69, 9.17) is 9.47 Å². The number of carbonyl (C=O) groups excluding carboxylic acids is 3. The van der Waals surface area contributed by atoms with Gasteiger partial charge in [0.2, 0.25) is 0 Å². The zero-order chi connectivity index (χ0) is 18.6. The number of ether oxygens (including phenoxy) is 2. The molecule has 0 bridgehead atoms. The largest absolute Gasteiger partial charge is 0.457 e. The number of hydrogen-bond acceptors (Lipinski definition) is 5. The fourth-order valence-electron chi connectivity index (χ4n) is 2.75. The fraction of sp³-hybridized carbons (Fsp3) is 0.250. The summed E-state index contributed by atoms with van der Waals surface area (Å²) in [6, 6.07) is 18.3. The quantitative estimate of drug-likeness (QED) is 0.608. The maximum absolute atomic E-state index is 12.8. The van der Waals surface area contributed by atoms with E-state index in [1.807, 2.05) is 48.5 Å². The Morgan fingerprint density at radius 1 is 1.04 bits per heavy atom. The second-order valence-corrected chi connectivity index (χ2v) is 6.22. The van der Waals surface area contributed by atoms with Gasteiger partial charge in [-0.15, -0.1) is 0 Å².